The minimum atomic E-state index is -0.0675. The molecule has 2 aliphatic rings. The van der Waals surface area contributed by atoms with Crippen LogP contribution >= 0.6 is 0 Å². The smallest absolute Gasteiger partial charge is 0.315 e. The van der Waals surface area contributed by atoms with Crippen molar-refractivity contribution in [3.8, 4) is 0 Å². The molecule has 0 spiro atoms. The Morgan fingerprint density at radius 2 is 2.17 bits per heavy atom. The molecule has 4 atom stereocenters. The van der Waals surface area contributed by atoms with Gasteiger partial charge in [0, 0.05) is 36.9 Å². The fourth-order valence-corrected chi connectivity index (χ4v) is 4.40. The molecule has 3 rings (SSSR count). The number of fused-ring (bicyclic) bond motifs is 1. The molecule has 1 saturated carbocycles. The molecule has 0 radical (unpaired) electrons. The van der Waals surface area contributed by atoms with Crippen LogP contribution in [-0.2, 0) is 11.8 Å². The highest BCUT2D eigenvalue weighted by Gasteiger charge is 2.38. The van der Waals surface area contributed by atoms with E-state index < -0.39 is 0 Å². The first kappa shape index (κ1) is 17.3. The number of ether oxygens (including phenoxy) is 1. The van der Waals surface area contributed by atoms with Crippen molar-refractivity contribution >= 4 is 6.03 Å². The second-order valence-corrected chi connectivity index (χ2v) is 7.19. The van der Waals surface area contributed by atoms with Gasteiger partial charge in [-0.25, -0.2) is 4.79 Å². The second-order valence-electron chi connectivity index (χ2n) is 7.19. The monoisotopic (exact) mass is 334 g/mol. The summed E-state index contributed by atoms with van der Waals surface area (Å²) in [6.45, 7) is 6.99. The Kier molecular flexibility index (Phi) is 5.13. The molecule has 6 nitrogen and oxygen atoms in total. The third kappa shape index (κ3) is 3.29. The van der Waals surface area contributed by atoms with Gasteiger partial charge in [-0.2, -0.15) is 5.10 Å². The van der Waals surface area contributed by atoms with E-state index in [9.17, 15) is 4.79 Å². The van der Waals surface area contributed by atoms with Gasteiger partial charge < -0.3 is 15.4 Å². The first-order valence-corrected chi connectivity index (χ1v) is 9.20. The van der Waals surface area contributed by atoms with Crippen LogP contribution in [0, 0.1) is 19.8 Å². The number of carbonyl (C=O) groups excluding carboxylic acids is 1. The van der Waals surface area contributed by atoms with Crippen LogP contribution in [0.15, 0.2) is 0 Å². The van der Waals surface area contributed by atoms with E-state index in [1.807, 2.05) is 18.7 Å². The number of aryl methyl sites for hydroxylation is 2. The Morgan fingerprint density at radius 3 is 2.83 bits per heavy atom. The van der Waals surface area contributed by atoms with Crippen LogP contribution in [0.25, 0.3) is 0 Å². The Balaban J connectivity index is 1.64. The number of hydrogen-bond acceptors (Lipinski definition) is 3. The molecule has 1 saturated heterocycles. The molecule has 2 N–H and O–H groups in total. The van der Waals surface area contributed by atoms with Crippen molar-refractivity contribution in [2.45, 2.75) is 71.1 Å². The van der Waals surface area contributed by atoms with Crippen LogP contribution in [0.5, 0.6) is 0 Å². The van der Waals surface area contributed by atoms with Gasteiger partial charge in [-0.1, -0.05) is 6.92 Å². The van der Waals surface area contributed by atoms with Crippen LogP contribution in [0.2, 0.25) is 0 Å². The second kappa shape index (κ2) is 7.13. The molecule has 6 heteroatoms. The summed E-state index contributed by atoms with van der Waals surface area (Å²) in [6, 6.07) is 0.166. The number of aromatic nitrogens is 2. The van der Waals surface area contributed by atoms with Gasteiger partial charge in [0.2, 0.25) is 0 Å². The number of hydrogen-bond donors (Lipinski definition) is 2. The minimum Gasteiger partial charge on any atom is -0.378 e. The molecule has 1 aliphatic heterocycles. The number of urea groups is 1. The normalized spacial score (nSPS) is 27.6. The molecule has 0 unspecified atom stereocenters. The molecule has 1 aromatic rings. The number of nitrogens with zero attached hydrogens (tertiary/aromatic N) is 2. The van der Waals surface area contributed by atoms with E-state index in [4.69, 9.17) is 4.74 Å². The largest absolute Gasteiger partial charge is 0.378 e. The zero-order valence-electron chi connectivity index (χ0n) is 15.3. The number of rotatable bonds is 4. The maximum atomic E-state index is 12.6. The first-order valence-electron chi connectivity index (χ1n) is 9.20. The summed E-state index contributed by atoms with van der Waals surface area (Å²) in [7, 11) is 1.95. The van der Waals surface area contributed by atoms with Crippen molar-refractivity contribution in [1.29, 1.82) is 0 Å². The fraction of sp³-hybridized carbons (Fsp3) is 0.778. The molecule has 2 fully saturated rings. The van der Waals surface area contributed by atoms with Crippen LogP contribution in [0.4, 0.5) is 4.79 Å². The summed E-state index contributed by atoms with van der Waals surface area (Å²) in [6.07, 6.45) is 5.57. The SMILES string of the molecule is CC[C@H](NC(=O)N[C@@H]1CCC[C@H]2OCC[C@@H]12)c1c(C)nn(C)c1C. The van der Waals surface area contributed by atoms with Crippen molar-refractivity contribution in [2.75, 3.05) is 6.61 Å². The van der Waals surface area contributed by atoms with Crippen molar-refractivity contribution in [3.63, 3.8) is 0 Å². The lowest BCUT2D eigenvalue weighted by molar-refractivity contribution is 0.0548. The average molecular weight is 334 g/mol. The fourth-order valence-electron chi connectivity index (χ4n) is 4.40. The first-order chi connectivity index (χ1) is 11.5. The summed E-state index contributed by atoms with van der Waals surface area (Å²) >= 11 is 0. The zero-order chi connectivity index (χ0) is 17.3. The van der Waals surface area contributed by atoms with Crippen molar-refractivity contribution < 1.29 is 9.53 Å². The standard InChI is InChI=1S/C18H30N4O2/c1-5-14(17-11(2)21-22(4)12(17)3)19-18(23)20-15-7-6-8-16-13(15)9-10-24-16/h13-16H,5-10H2,1-4H3,(H2,19,20,23)/t13-,14-,15+,16+/m0/s1. The molecule has 0 aromatic carbocycles. The van der Waals surface area contributed by atoms with Crippen molar-refractivity contribution in [2.24, 2.45) is 13.0 Å². The zero-order valence-corrected chi connectivity index (χ0v) is 15.3. The van der Waals surface area contributed by atoms with Crippen molar-refractivity contribution in [1.82, 2.24) is 20.4 Å². The predicted octanol–water partition coefficient (Wildman–Crippen LogP) is 2.74. The van der Waals surface area contributed by atoms with Gasteiger partial charge in [0.25, 0.3) is 0 Å². The van der Waals surface area contributed by atoms with Crippen LogP contribution in [-0.4, -0.2) is 34.6 Å². The van der Waals surface area contributed by atoms with Gasteiger partial charge in [0.05, 0.1) is 17.8 Å². The maximum absolute atomic E-state index is 12.6. The quantitative estimate of drug-likeness (QED) is 0.889. The van der Waals surface area contributed by atoms with Crippen molar-refractivity contribution in [3.05, 3.63) is 17.0 Å². The van der Waals surface area contributed by atoms with E-state index in [-0.39, 0.29) is 18.1 Å². The highest BCUT2D eigenvalue weighted by Crippen LogP contribution is 2.34. The van der Waals surface area contributed by atoms with E-state index in [0.29, 0.717) is 12.0 Å². The molecule has 2 amide bonds. The summed E-state index contributed by atoms with van der Waals surface area (Å²) in [5, 5.41) is 10.8. The summed E-state index contributed by atoms with van der Waals surface area (Å²) in [5.74, 6) is 0.478. The lowest BCUT2D eigenvalue weighted by atomic mass is 9.82. The summed E-state index contributed by atoms with van der Waals surface area (Å²) in [5.41, 5.74) is 3.24. The molecule has 2 heterocycles. The van der Waals surface area contributed by atoms with E-state index >= 15 is 0 Å². The van der Waals surface area contributed by atoms with E-state index in [1.165, 1.54) is 0 Å². The highest BCUT2D eigenvalue weighted by molar-refractivity contribution is 5.75. The van der Waals surface area contributed by atoms with E-state index in [1.54, 1.807) is 0 Å². The molecule has 24 heavy (non-hydrogen) atoms. The number of amides is 2. The Bertz CT molecular complexity index is 598. The molecule has 0 bridgehead atoms. The number of carbonyl (C=O) groups is 1. The van der Waals surface area contributed by atoms with E-state index in [0.717, 1.165) is 55.7 Å². The highest BCUT2D eigenvalue weighted by atomic mass is 16.5. The van der Waals surface area contributed by atoms with E-state index in [2.05, 4.69) is 29.6 Å². The third-order valence-electron chi connectivity index (χ3n) is 5.72. The summed E-state index contributed by atoms with van der Waals surface area (Å²) in [4.78, 5) is 12.6. The van der Waals surface area contributed by atoms with Crippen LogP contribution < -0.4 is 10.6 Å². The van der Waals surface area contributed by atoms with Gasteiger partial charge in [0.1, 0.15) is 0 Å². The maximum Gasteiger partial charge on any atom is 0.315 e. The van der Waals surface area contributed by atoms with Crippen LogP contribution in [0.3, 0.4) is 0 Å². The molecule has 134 valence electrons. The van der Waals surface area contributed by atoms with Gasteiger partial charge in [-0.15, -0.1) is 0 Å². The summed E-state index contributed by atoms with van der Waals surface area (Å²) < 4.78 is 7.68. The molecular formula is C18H30N4O2. The van der Waals surface area contributed by atoms with Gasteiger partial charge in [0.15, 0.2) is 0 Å². The van der Waals surface area contributed by atoms with Gasteiger partial charge >= 0.3 is 6.03 Å². The predicted molar refractivity (Wildman–Crippen MR) is 92.9 cm³/mol. The average Bonchev–Trinajstić information content (AvgIpc) is 3.12. The Hall–Kier alpha value is -1.56. The number of nitrogens with one attached hydrogen (secondary N) is 2. The third-order valence-corrected chi connectivity index (χ3v) is 5.72. The topological polar surface area (TPSA) is 68.2 Å². The Morgan fingerprint density at radius 1 is 1.38 bits per heavy atom. The molecular weight excluding hydrogens is 304 g/mol. The molecule has 1 aliphatic carbocycles. The lowest BCUT2D eigenvalue weighted by Gasteiger charge is -2.33. The Labute approximate surface area is 144 Å². The van der Waals surface area contributed by atoms with Gasteiger partial charge in [-0.05, 0) is 46.0 Å². The molecule has 1 aromatic heterocycles. The lowest BCUT2D eigenvalue weighted by Crippen LogP contribution is -2.49. The minimum absolute atomic E-state index is 0.00193. The van der Waals surface area contributed by atoms with Gasteiger partial charge in [-0.3, -0.25) is 4.68 Å². The van der Waals surface area contributed by atoms with Crippen LogP contribution in [0.1, 0.15) is 62.0 Å².